The second-order valence-electron chi connectivity index (χ2n) is 12.4. The van der Waals surface area contributed by atoms with Crippen LogP contribution in [-0.2, 0) is 22.6 Å². The average Bonchev–Trinajstić information content (AvgIpc) is 3.02. The van der Waals surface area contributed by atoms with Gasteiger partial charge in [0.05, 0.1) is 26.4 Å². The van der Waals surface area contributed by atoms with E-state index >= 15 is 0 Å². The first-order valence-corrected chi connectivity index (χ1v) is 15.8. The van der Waals surface area contributed by atoms with Gasteiger partial charge in [0.15, 0.2) is 5.78 Å². The van der Waals surface area contributed by atoms with Crippen molar-refractivity contribution in [2.24, 2.45) is 0 Å². The third-order valence-corrected chi connectivity index (χ3v) is 9.32. The molecule has 0 bridgehead atoms. The number of ether oxygens (including phenoxy) is 2. The zero-order chi connectivity index (χ0) is 28.9. The first-order chi connectivity index (χ1) is 20.5. The Morgan fingerprint density at radius 2 is 0.932 bits per heavy atom. The molecule has 0 atom stereocenters. The SMILES string of the molecule is CN1CCN(c2cc(CN3CCOCC3)ccc2C(=O)c2ccc(CN3CCOCC3)cc2N2CCN(C)CC2)CC1.Cl.Cl. The molecule has 2 aromatic rings. The maximum atomic E-state index is 14.6. The number of halogens is 2. The van der Waals surface area contributed by atoms with Gasteiger partial charge in [0, 0.05) is 114 Å². The zero-order valence-corrected chi connectivity index (χ0v) is 28.0. The van der Waals surface area contributed by atoms with Crippen molar-refractivity contribution in [3.05, 3.63) is 58.7 Å². The van der Waals surface area contributed by atoms with E-state index in [2.05, 4.69) is 79.9 Å². The Morgan fingerprint density at radius 3 is 1.30 bits per heavy atom. The van der Waals surface area contributed by atoms with Crippen LogP contribution in [0.2, 0.25) is 0 Å². The van der Waals surface area contributed by atoms with Crippen molar-refractivity contribution in [3.8, 4) is 0 Å². The van der Waals surface area contributed by atoms with Gasteiger partial charge in [0.1, 0.15) is 0 Å². The molecule has 4 fully saturated rings. The standard InChI is InChI=1S/C33H48N6O3.2ClH/c1-34-7-11-38(12-8-34)31-23-27(25-36-15-19-41-20-16-36)3-5-29(31)33(40)30-6-4-28(26-37-17-21-42-22-18-37)24-32(30)39-13-9-35(2)10-14-39;;/h3-6,23-24H,7-22,25-26H2,1-2H3;2*1H. The van der Waals surface area contributed by atoms with E-state index in [-0.39, 0.29) is 30.6 Å². The summed E-state index contributed by atoms with van der Waals surface area (Å²) in [6.07, 6.45) is 0. The number of carbonyl (C=O) groups is 1. The lowest BCUT2D eigenvalue weighted by molar-refractivity contribution is 0.0341. The second-order valence-corrected chi connectivity index (χ2v) is 12.4. The Hall–Kier alpha value is -1.95. The molecule has 0 spiro atoms. The Morgan fingerprint density at radius 1 is 0.568 bits per heavy atom. The minimum Gasteiger partial charge on any atom is -0.379 e. The number of nitrogens with zero attached hydrogens (tertiary/aromatic N) is 6. The topological polar surface area (TPSA) is 55.0 Å². The van der Waals surface area contributed by atoms with Crippen molar-refractivity contribution < 1.29 is 14.3 Å². The summed E-state index contributed by atoms with van der Waals surface area (Å²) >= 11 is 0. The number of likely N-dealkylation sites (N-methyl/N-ethyl adjacent to an activating group) is 2. The number of ketones is 1. The molecular formula is C33H50Cl2N6O3. The molecule has 0 aromatic heterocycles. The lowest BCUT2D eigenvalue weighted by Crippen LogP contribution is -2.45. The van der Waals surface area contributed by atoms with Gasteiger partial charge in [-0.25, -0.2) is 0 Å². The highest BCUT2D eigenvalue weighted by atomic mass is 35.5. The van der Waals surface area contributed by atoms with Crippen LogP contribution in [0.3, 0.4) is 0 Å². The fourth-order valence-electron chi connectivity index (χ4n) is 6.53. The molecule has 0 unspecified atom stereocenters. The van der Waals surface area contributed by atoms with Gasteiger partial charge >= 0.3 is 0 Å². The van der Waals surface area contributed by atoms with Crippen LogP contribution in [0.25, 0.3) is 0 Å². The molecule has 9 nitrogen and oxygen atoms in total. The van der Waals surface area contributed by atoms with Gasteiger partial charge in [0.25, 0.3) is 0 Å². The maximum Gasteiger partial charge on any atom is 0.197 e. The Balaban J connectivity index is 0.00000221. The smallest absolute Gasteiger partial charge is 0.197 e. The summed E-state index contributed by atoms with van der Waals surface area (Å²) in [4.78, 5) is 29.1. The van der Waals surface area contributed by atoms with Crippen molar-refractivity contribution in [2.45, 2.75) is 13.1 Å². The number of morpholine rings is 2. The molecular weight excluding hydrogens is 599 g/mol. The summed E-state index contributed by atoms with van der Waals surface area (Å²) in [5, 5.41) is 0. The number of benzene rings is 2. The zero-order valence-electron chi connectivity index (χ0n) is 26.4. The molecule has 11 heteroatoms. The minimum absolute atomic E-state index is 0. The van der Waals surface area contributed by atoms with Crippen molar-refractivity contribution in [1.29, 1.82) is 0 Å². The van der Waals surface area contributed by atoms with Gasteiger partial charge in [-0.1, -0.05) is 12.1 Å². The Kier molecular flexibility index (Phi) is 13.1. The van der Waals surface area contributed by atoms with Crippen LogP contribution >= 0.6 is 24.8 Å². The summed E-state index contributed by atoms with van der Waals surface area (Å²) in [5.74, 6) is 0.133. The quantitative estimate of drug-likeness (QED) is 0.402. The molecule has 44 heavy (non-hydrogen) atoms. The van der Waals surface area contributed by atoms with Crippen molar-refractivity contribution in [3.63, 3.8) is 0 Å². The van der Waals surface area contributed by atoms with E-state index in [1.807, 2.05) is 0 Å². The van der Waals surface area contributed by atoms with E-state index in [0.717, 1.165) is 141 Å². The van der Waals surface area contributed by atoms with E-state index in [0.29, 0.717) is 0 Å². The van der Waals surface area contributed by atoms with Crippen LogP contribution in [0, 0.1) is 0 Å². The third kappa shape index (κ3) is 8.65. The summed E-state index contributed by atoms with van der Waals surface area (Å²) in [7, 11) is 4.36. The fraction of sp³-hybridized carbons (Fsp3) is 0.606. The third-order valence-electron chi connectivity index (χ3n) is 9.32. The van der Waals surface area contributed by atoms with Gasteiger partial charge in [-0.3, -0.25) is 14.6 Å². The minimum atomic E-state index is 0. The molecule has 244 valence electrons. The molecule has 0 amide bonds. The van der Waals surface area contributed by atoms with Gasteiger partial charge in [0.2, 0.25) is 0 Å². The predicted molar refractivity (Wildman–Crippen MR) is 182 cm³/mol. The highest BCUT2D eigenvalue weighted by molar-refractivity contribution is 6.15. The molecule has 0 radical (unpaired) electrons. The number of anilines is 2. The maximum absolute atomic E-state index is 14.6. The molecule has 0 saturated carbocycles. The summed E-state index contributed by atoms with van der Waals surface area (Å²) < 4.78 is 11.1. The second kappa shape index (κ2) is 16.6. The molecule has 0 aliphatic carbocycles. The van der Waals surface area contributed by atoms with E-state index in [4.69, 9.17) is 9.47 Å². The van der Waals surface area contributed by atoms with Crippen LogP contribution in [-0.4, -0.2) is 144 Å². The number of piperazine rings is 2. The summed E-state index contributed by atoms with van der Waals surface area (Å²) in [6.45, 7) is 16.5. The van der Waals surface area contributed by atoms with Crippen LogP contribution in [0.4, 0.5) is 11.4 Å². The van der Waals surface area contributed by atoms with E-state index < -0.39 is 0 Å². The van der Waals surface area contributed by atoms with E-state index in [1.165, 1.54) is 11.1 Å². The van der Waals surface area contributed by atoms with Gasteiger partial charge in [-0.05, 0) is 49.5 Å². The highest BCUT2D eigenvalue weighted by Crippen LogP contribution is 2.32. The number of hydrogen-bond acceptors (Lipinski definition) is 9. The molecule has 0 N–H and O–H groups in total. The van der Waals surface area contributed by atoms with Crippen molar-refractivity contribution in [2.75, 3.05) is 129 Å². The largest absolute Gasteiger partial charge is 0.379 e. The lowest BCUT2D eigenvalue weighted by Gasteiger charge is -2.36. The fourth-order valence-corrected chi connectivity index (χ4v) is 6.53. The average molecular weight is 650 g/mol. The first-order valence-electron chi connectivity index (χ1n) is 15.8. The van der Waals surface area contributed by atoms with Crippen molar-refractivity contribution >= 4 is 42.0 Å². The van der Waals surface area contributed by atoms with E-state index in [9.17, 15) is 4.79 Å². The molecule has 4 saturated heterocycles. The molecule has 4 aliphatic heterocycles. The molecule has 2 aromatic carbocycles. The van der Waals surface area contributed by atoms with Gasteiger partial charge in [-0.15, -0.1) is 24.8 Å². The lowest BCUT2D eigenvalue weighted by atomic mass is 9.95. The normalized spacial score (nSPS) is 21.0. The highest BCUT2D eigenvalue weighted by Gasteiger charge is 2.27. The number of hydrogen-bond donors (Lipinski definition) is 0. The summed E-state index contributed by atoms with van der Waals surface area (Å²) in [5.41, 5.74) is 6.34. The van der Waals surface area contributed by atoms with Crippen molar-refractivity contribution in [1.82, 2.24) is 19.6 Å². The molecule has 4 aliphatic rings. The van der Waals surface area contributed by atoms with Crippen LogP contribution < -0.4 is 9.80 Å². The van der Waals surface area contributed by atoms with Crippen LogP contribution in [0.15, 0.2) is 36.4 Å². The summed E-state index contributed by atoms with van der Waals surface area (Å²) in [6, 6.07) is 13.1. The monoisotopic (exact) mass is 648 g/mol. The Labute approximate surface area is 275 Å². The molecule has 6 rings (SSSR count). The predicted octanol–water partition coefficient (Wildman–Crippen LogP) is 2.93. The number of carbonyl (C=O) groups excluding carboxylic acids is 1. The van der Waals surface area contributed by atoms with E-state index in [1.54, 1.807) is 0 Å². The first kappa shape index (κ1) is 34.9. The van der Waals surface area contributed by atoms with Gasteiger partial charge in [-0.2, -0.15) is 0 Å². The van der Waals surface area contributed by atoms with Crippen LogP contribution in [0.5, 0.6) is 0 Å². The van der Waals surface area contributed by atoms with Crippen LogP contribution in [0.1, 0.15) is 27.0 Å². The Bertz CT molecular complexity index is 1120. The van der Waals surface area contributed by atoms with Gasteiger partial charge < -0.3 is 29.1 Å². The molecule has 4 heterocycles. The number of rotatable bonds is 8.